The summed E-state index contributed by atoms with van der Waals surface area (Å²) in [5.41, 5.74) is 2.22. The monoisotopic (exact) mass is 301 g/mol. The van der Waals surface area contributed by atoms with Gasteiger partial charge in [0.25, 0.3) is 0 Å². The predicted octanol–water partition coefficient (Wildman–Crippen LogP) is 2.85. The van der Waals surface area contributed by atoms with Crippen LogP contribution in [0.2, 0.25) is 0 Å². The highest BCUT2D eigenvalue weighted by Crippen LogP contribution is 2.30. The first-order valence-corrected chi connectivity index (χ1v) is 8.15. The SMILES string of the molecule is Cn1c(-c2ccccc2)cnc1SC1CCCCNC1=O. The summed E-state index contributed by atoms with van der Waals surface area (Å²) in [5, 5.41) is 3.84. The largest absolute Gasteiger partial charge is 0.355 e. The molecule has 1 aliphatic rings. The number of rotatable bonds is 3. The molecule has 110 valence electrons. The quantitative estimate of drug-likeness (QED) is 0.948. The maximum atomic E-state index is 12.0. The van der Waals surface area contributed by atoms with E-state index in [1.807, 2.05) is 31.4 Å². The minimum absolute atomic E-state index is 0.0303. The zero-order chi connectivity index (χ0) is 14.7. The molecule has 0 saturated carbocycles. The Morgan fingerprint density at radius 1 is 1.29 bits per heavy atom. The topological polar surface area (TPSA) is 46.9 Å². The molecule has 1 N–H and O–H groups in total. The molecule has 0 spiro atoms. The molecule has 3 rings (SSSR count). The van der Waals surface area contributed by atoms with Crippen molar-refractivity contribution in [1.82, 2.24) is 14.9 Å². The standard InChI is InChI=1S/C16H19N3OS/c1-19-13(12-7-3-2-4-8-12)11-18-16(19)21-14-9-5-6-10-17-15(14)20/h2-4,7-8,11,14H,5-6,9-10H2,1H3,(H,17,20). The number of benzene rings is 1. The third kappa shape index (κ3) is 3.13. The van der Waals surface area contributed by atoms with Crippen molar-refractivity contribution in [3.8, 4) is 11.3 Å². The van der Waals surface area contributed by atoms with E-state index < -0.39 is 0 Å². The Labute approximate surface area is 129 Å². The Hall–Kier alpha value is -1.75. The molecule has 2 aromatic rings. The van der Waals surface area contributed by atoms with Gasteiger partial charge in [-0.2, -0.15) is 0 Å². The second-order valence-electron chi connectivity index (χ2n) is 5.24. The number of imidazole rings is 1. The molecule has 5 heteroatoms. The van der Waals surface area contributed by atoms with Gasteiger partial charge in [-0.25, -0.2) is 4.98 Å². The number of nitrogens with zero attached hydrogens (tertiary/aromatic N) is 2. The third-order valence-electron chi connectivity index (χ3n) is 3.75. The van der Waals surface area contributed by atoms with E-state index in [1.54, 1.807) is 11.8 Å². The van der Waals surface area contributed by atoms with E-state index in [-0.39, 0.29) is 11.2 Å². The maximum absolute atomic E-state index is 12.0. The van der Waals surface area contributed by atoms with E-state index in [9.17, 15) is 4.79 Å². The van der Waals surface area contributed by atoms with Crippen LogP contribution in [0.15, 0.2) is 41.7 Å². The molecule has 4 nitrogen and oxygen atoms in total. The van der Waals surface area contributed by atoms with Crippen molar-refractivity contribution in [2.75, 3.05) is 6.54 Å². The van der Waals surface area contributed by atoms with Crippen molar-refractivity contribution in [1.29, 1.82) is 0 Å². The summed E-state index contributed by atoms with van der Waals surface area (Å²) in [7, 11) is 2.01. The highest BCUT2D eigenvalue weighted by Gasteiger charge is 2.24. The highest BCUT2D eigenvalue weighted by molar-refractivity contribution is 8.00. The number of hydrogen-bond acceptors (Lipinski definition) is 3. The molecule has 21 heavy (non-hydrogen) atoms. The lowest BCUT2D eigenvalue weighted by atomic mass is 10.2. The minimum Gasteiger partial charge on any atom is -0.355 e. The number of hydrogen-bond donors (Lipinski definition) is 1. The summed E-state index contributed by atoms with van der Waals surface area (Å²) in [6, 6.07) is 10.2. The zero-order valence-corrected chi connectivity index (χ0v) is 12.9. The number of nitrogens with one attached hydrogen (secondary N) is 1. The van der Waals surface area contributed by atoms with Crippen LogP contribution in [0.3, 0.4) is 0 Å². The predicted molar refractivity (Wildman–Crippen MR) is 85.1 cm³/mol. The minimum atomic E-state index is -0.0303. The van der Waals surface area contributed by atoms with Crippen LogP contribution in [0.1, 0.15) is 19.3 Å². The summed E-state index contributed by atoms with van der Waals surface area (Å²) in [6.07, 6.45) is 4.96. The number of thioether (sulfide) groups is 1. The van der Waals surface area contributed by atoms with E-state index in [4.69, 9.17) is 0 Å². The van der Waals surface area contributed by atoms with Crippen LogP contribution in [0.4, 0.5) is 0 Å². The van der Waals surface area contributed by atoms with E-state index in [0.717, 1.165) is 42.2 Å². The molecule has 1 aromatic carbocycles. The number of amides is 1. The van der Waals surface area contributed by atoms with Crippen LogP contribution in [0.25, 0.3) is 11.3 Å². The van der Waals surface area contributed by atoms with Crippen LogP contribution >= 0.6 is 11.8 Å². The summed E-state index contributed by atoms with van der Waals surface area (Å²) < 4.78 is 2.07. The van der Waals surface area contributed by atoms with Crippen molar-refractivity contribution in [2.45, 2.75) is 29.7 Å². The Bertz CT molecular complexity index is 624. The maximum Gasteiger partial charge on any atom is 0.233 e. The molecule has 1 aromatic heterocycles. The van der Waals surface area contributed by atoms with Crippen molar-refractivity contribution < 1.29 is 4.79 Å². The summed E-state index contributed by atoms with van der Waals surface area (Å²) in [5.74, 6) is 0.141. The van der Waals surface area contributed by atoms with Crippen LogP contribution in [0, 0.1) is 0 Å². The lowest BCUT2D eigenvalue weighted by molar-refractivity contribution is -0.120. The lowest BCUT2D eigenvalue weighted by Gasteiger charge is -2.12. The summed E-state index contributed by atoms with van der Waals surface area (Å²) in [6.45, 7) is 0.797. The van der Waals surface area contributed by atoms with E-state index >= 15 is 0 Å². The van der Waals surface area contributed by atoms with Crippen molar-refractivity contribution >= 4 is 17.7 Å². The first kappa shape index (κ1) is 14.2. The van der Waals surface area contributed by atoms with E-state index in [2.05, 4.69) is 27.0 Å². The molecular weight excluding hydrogens is 282 g/mol. The van der Waals surface area contributed by atoms with Gasteiger partial charge in [-0.3, -0.25) is 4.79 Å². The average molecular weight is 301 g/mol. The van der Waals surface area contributed by atoms with Crippen molar-refractivity contribution in [2.24, 2.45) is 7.05 Å². The first-order valence-electron chi connectivity index (χ1n) is 7.27. The average Bonchev–Trinajstić information content (AvgIpc) is 2.74. The molecular formula is C16H19N3OS. The van der Waals surface area contributed by atoms with Gasteiger partial charge in [0, 0.05) is 13.6 Å². The summed E-state index contributed by atoms with van der Waals surface area (Å²) in [4.78, 5) is 16.5. The molecule has 1 unspecified atom stereocenters. The van der Waals surface area contributed by atoms with Crippen LogP contribution in [-0.2, 0) is 11.8 Å². The fourth-order valence-electron chi connectivity index (χ4n) is 2.53. The van der Waals surface area contributed by atoms with Gasteiger partial charge in [0.2, 0.25) is 5.91 Å². The smallest absolute Gasteiger partial charge is 0.233 e. The van der Waals surface area contributed by atoms with Gasteiger partial charge in [0.15, 0.2) is 5.16 Å². The Kier molecular flexibility index (Phi) is 4.29. The molecule has 1 aliphatic heterocycles. The van der Waals surface area contributed by atoms with Gasteiger partial charge < -0.3 is 9.88 Å². The van der Waals surface area contributed by atoms with Crippen LogP contribution in [-0.4, -0.2) is 27.3 Å². The van der Waals surface area contributed by atoms with Gasteiger partial charge in [-0.05, 0) is 18.4 Å². The fourth-order valence-corrected chi connectivity index (χ4v) is 3.63. The number of carbonyl (C=O) groups is 1. The number of aromatic nitrogens is 2. The molecule has 1 saturated heterocycles. The highest BCUT2D eigenvalue weighted by atomic mass is 32.2. The first-order chi connectivity index (χ1) is 10.3. The van der Waals surface area contributed by atoms with E-state index in [1.165, 1.54) is 0 Å². The number of carbonyl (C=O) groups excluding carboxylic acids is 1. The van der Waals surface area contributed by atoms with Crippen LogP contribution in [0.5, 0.6) is 0 Å². The van der Waals surface area contributed by atoms with Gasteiger partial charge >= 0.3 is 0 Å². The molecule has 0 radical (unpaired) electrons. The van der Waals surface area contributed by atoms with Gasteiger partial charge in [-0.1, -0.05) is 48.5 Å². The molecule has 1 amide bonds. The summed E-state index contributed by atoms with van der Waals surface area (Å²) >= 11 is 1.57. The lowest BCUT2D eigenvalue weighted by Crippen LogP contribution is -2.30. The zero-order valence-electron chi connectivity index (χ0n) is 12.1. The Morgan fingerprint density at radius 3 is 2.90 bits per heavy atom. The van der Waals surface area contributed by atoms with Crippen molar-refractivity contribution in [3.05, 3.63) is 36.5 Å². The third-order valence-corrected chi connectivity index (χ3v) is 5.07. The molecule has 0 bridgehead atoms. The van der Waals surface area contributed by atoms with Gasteiger partial charge in [-0.15, -0.1) is 0 Å². The molecule has 1 fully saturated rings. The van der Waals surface area contributed by atoms with Crippen molar-refractivity contribution in [3.63, 3.8) is 0 Å². The Balaban J connectivity index is 1.81. The Morgan fingerprint density at radius 2 is 2.10 bits per heavy atom. The normalized spacial score (nSPS) is 19.1. The molecule has 0 aliphatic carbocycles. The fraction of sp³-hybridized carbons (Fsp3) is 0.375. The van der Waals surface area contributed by atoms with Gasteiger partial charge in [0.1, 0.15) is 0 Å². The molecule has 1 atom stereocenters. The van der Waals surface area contributed by atoms with Gasteiger partial charge in [0.05, 0.1) is 17.1 Å². The molecule has 2 heterocycles. The van der Waals surface area contributed by atoms with E-state index in [0.29, 0.717) is 0 Å². The second-order valence-corrected chi connectivity index (χ2v) is 6.41. The van der Waals surface area contributed by atoms with Crippen LogP contribution < -0.4 is 5.32 Å². The second kappa shape index (κ2) is 6.35.